The second kappa shape index (κ2) is 8.20. The van der Waals surface area contributed by atoms with E-state index in [0.29, 0.717) is 23.7 Å². The third kappa shape index (κ3) is 4.25. The van der Waals surface area contributed by atoms with Gasteiger partial charge >= 0.3 is 0 Å². The lowest BCUT2D eigenvalue weighted by Crippen LogP contribution is -2.35. The van der Waals surface area contributed by atoms with Crippen molar-refractivity contribution in [2.75, 3.05) is 13.1 Å². The van der Waals surface area contributed by atoms with Crippen molar-refractivity contribution in [3.8, 4) is 0 Å². The molecule has 6 nitrogen and oxygen atoms in total. The second-order valence-electron chi connectivity index (χ2n) is 6.13. The molecular formula is C18H20N2O4S2. The first-order valence-corrected chi connectivity index (χ1v) is 10.9. The molecule has 3 rings (SSSR count). The van der Waals surface area contributed by atoms with Crippen LogP contribution in [0.15, 0.2) is 58.3 Å². The van der Waals surface area contributed by atoms with Gasteiger partial charge < -0.3 is 0 Å². The van der Waals surface area contributed by atoms with Crippen molar-refractivity contribution >= 4 is 27.5 Å². The van der Waals surface area contributed by atoms with Gasteiger partial charge in [-0.2, -0.15) is 4.31 Å². The fourth-order valence-corrected chi connectivity index (χ4v) is 5.41. The molecule has 0 bridgehead atoms. The molecular weight excluding hydrogens is 372 g/mol. The highest BCUT2D eigenvalue weighted by molar-refractivity contribution is 7.98. The normalized spacial score (nSPS) is 15.7. The zero-order valence-electron chi connectivity index (χ0n) is 14.2. The first kappa shape index (κ1) is 18.9. The summed E-state index contributed by atoms with van der Waals surface area (Å²) in [6.07, 6.45) is 2.67. The summed E-state index contributed by atoms with van der Waals surface area (Å²) < 4.78 is 26.9. The van der Waals surface area contributed by atoms with Crippen LogP contribution in [0.4, 0.5) is 5.69 Å². The highest BCUT2D eigenvalue weighted by atomic mass is 32.2. The van der Waals surface area contributed by atoms with Crippen LogP contribution in [-0.4, -0.2) is 30.7 Å². The average molecular weight is 393 g/mol. The summed E-state index contributed by atoms with van der Waals surface area (Å²) in [5, 5.41) is 11.5. The molecule has 0 radical (unpaired) electrons. The van der Waals surface area contributed by atoms with Crippen LogP contribution >= 0.6 is 11.8 Å². The lowest BCUT2D eigenvalue weighted by molar-refractivity contribution is -0.388. The highest BCUT2D eigenvalue weighted by Crippen LogP contribution is 2.34. The van der Waals surface area contributed by atoms with E-state index in [1.165, 1.54) is 28.2 Å². The molecule has 0 N–H and O–H groups in total. The maximum atomic E-state index is 12.7. The lowest BCUT2D eigenvalue weighted by atomic mass is 10.2. The van der Waals surface area contributed by atoms with Gasteiger partial charge in [0, 0.05) is 24.9 Å². The fourth-order valence-electron chi connectivity index (χ4n) is 2.91. The topological polar surface area (TPSA) is 80.5 Å². The molecule has 8 heteroatoms. The molecule has 1 fully saturated rings. The van der Waals surface area contributed by atoms with Gasteiger partial charge in [0.1, 0.15) is 0 Å². The van der Waals surface area contributed by atoms with Gasteiger partial charge in [-0.3, -0.25) is 10.1 Å². The first-order valence-electron chi connectivity index (χ1n) is 8.44. The molecule has 0 saturated carbocycles. The number of nitrogens with zero attached hydrogens (tertiary/aromatic N) is 2. The van der Waals surface area contributed by atoms with Crippen LogP contribution in [0.1, 0.15) is 24.8 Å². The van der Waals surface area contributed by atoms with Crippen LogP contribution in [0.2, 0.25) is 0 Å². The van der Waals surface area contributed by atoms with Crippen molar-refractivity contribution in [3.63, 3.8) is 0 Å². The van der Waals surface area contributed by atoms with Gasteiger partial charge in [0.25, 0.3) is 5.69 Å². The SMILES string of the molecule is O=[N+]([O-])c1cc(S(=O)(=O)N2CCCCC2)ccc1SCc1ccccc1. The number of sulfonamides is 1. The predicted molar refractivity (Wildman–Crippen MR) is 102 cm³/mol. The Hall–Kier alpha value is -1.90. The molecule has 0 aliphatic carbocycles. The minimum atomic E-state index is -3.68. The number of hydrogen-bond donors (Lipinski definition) is 0. The maximum Gasteiger partial charge on any atom is 0.284 e. The Morgan fingerprint density at radius 2 is 1.73 bits per heavy atom. The molecule has 1 aliphatic heterocycles. The molecule has 0 unspecified atom stereocenters. The second-order valence-corrected chi connectivity index (χ2v) is 9.08. The maximum absolute atomic E-state index is 12.7. The number of piperidine rings is 1. The van der Waals surface area contributed by atoms with Crippen LogP contribution in [-0.2, 0) is 15.8 Å². The van der Waals surface area contributed by atoms with Crippen LogP contribution in [0.25, 0.3) is 0 Å². The van der Waals surface area contributed by atoms with Gasteiger partial charge in [0.2, 0.25) is 10.0 Å². The number of nitro groups is 1. The third-order valence-corrected chi connectivity index (χ3v) is 7.35. The zero-order valence-corrected chi connectivity index (χ0v) is 15.8. The number of rotatable bonds is 6. The summed E-state index contributed by atoms with van der Waals surface area (Å²) in [5.74, 6) is 0.583. The molecule has 0 aromatic heterocycles. The van der Waals surface area contributed by atoms with Gasteiger partial charge in [-0.1, -0.05) is 36.8 Å². The van der Waals surface area contributed by atoms with Crippen LogP contribution in [0.5, 0.6) is 0 Å². The van der Waals surface area contributed by atoms with E-state index in [0.717, 1.165) is 24.8 Å². The van der Waals surface area contributed by atoms with Crippen molar-refractivity contribution in [2.45, 2.75) is 34.8 Å². The lowest BCUT2D eigenvalue weighted by Gasteiger charge is -2.25. The van der Waals surface area contributed by atoms with Gasteiger partial charge in [-0.05, 0) is 30.5 Å². The Labute approximate surface area is 157 Å². The third-order valence-electron chi connectivity index (χ3n) is 4.32. The molecule has 0 atom stereocenters. The van der Waals surface area contributed by atoms with Gasteiger partial charge in [0.05, 0.1) is 14.7 Å². The van der Waals surface area contributed by atoms with Crippen LogP contribution in [0.3, 0.4) is 0 Å². The molecule has 1 aliphatic rings. The minimum Gasteiger partial charge on any atom is -0.258 e. The molecule has 0 amide bonds. The summed E-state index contributed by atoms with van der Waals surface area (Å²) in [6.45, 7) is 0.946. The summed E-state index contributed by atoms with van der Waals surface area (Å²) >= 11 is 1.33. The molecule has 138 valence electrons. The van der Waals surface area contributed by atoms with Crippen molar-refractivity contribution in [1.29, 1.82) is 0 Å². The van der Waals surface area contributed by atoms with E-state index in [2.05, 4.69) is 0 Å². The summed E-state index contributed by atoms with van der Waals surface area (Å²) in [6, 6.07) is 13.9. The fraction of sp³-hybridized carbons (Fsp3) is 0.333. The highest BCUT2D eigenvalue weighted by Gasteiger charge is 2.28. The Bertz CT molecular complexity index is 879. The number of nitro benzene ring substituents is 1. The van der Waals surface area contributed by atoms with E-state index >= 15 is 0 Å². The Morgan fingerprint density at radius 1 is 1.04 bits per heavy atom. The van der Waals surface area contributed by atoms with Crippen molar-refractivity contribution in [2.24, 2.45) is 0 Å². The van der Waals surface area contributed by atoms with Crippen LogP contribution in [0, 0.1) is 10.1 Å². The van der Waals surface area contributed by atoms with Crippen molar-refractivity contribution in [1.82, 2.24) is 4.31 Å². The van der Waals surface area contributed by atoms with E-state index in [1.54, 1.807) is 6.07 Å². The Balaban J connectivity index is 1.85. The Morgan fingerprint density at radius 3 is 2.38 bits per heavy atom. The van der Waals surface area contributed by atoms with E-state index in [4.69, 9.17) is 0 Å². The predicted octanol–water partition coefficient (Wildman–Crippen LogP) is 4.06. The smallest absolute Gasteiger partial charge is 0.258 e. The van der Waals surface area contributed by atoms with E-state index in [9.17, 15) is 18.5 Å². The average Bonchev–Trinajstić information content (AvgIpc) is 2.67. The quantitative estimate of drug-likeness (QED) is 0.421. The minimum absolute atomic E-state index is 0.00448. The first-order chi connectivity index (χ1) is 12.5. The molecule has 26 heavy (non-hydrogen) atoms. The van der Waals surface area contributed by atoms with Gasteiger partial charge in [-0.25, -0.2) is 8.42 Å². The van der Waals surface area contributed by atoms with E-state index in [-0.39, 0.29) is 10.6 Å². The summed E-state index contributed by atoms with van der Waals surface area (Å²) in [7, 11) is -3.68. The summed E-state index contributed by atoms with van der Waals surface area (Å²) in [5.41, 5.74) is 0.890. The molecule has 0 spiro atoms. The molecule has 1 heterocycles. The van der Waals surface area contributed by atoms with Gasteiger partial charge in [0.15, 0.2) is 0 Å². The number of hydrogen-bond acceptors (Lipinski definition) is 5. The monoisotopic (exact) mass is 392 g/mol. The number of benzene rings is 2. The molecule has 2 aromatic carbocycles. The van der Waals surface area contributed by atoms with E-state index in [1.807, 2.05) is 30.3 Å². The van der Waals surface area contributed by atoms with Gasteiger partial charge in [-0.15, -0.1) is 11.8 Å². The largest absolute Gasteiger partial charge is 0.284 e. The van der Waals surface area contributed by atoms with Crippen molar-refractivity contribution in [3.05, 3.63) is 64.2 Å². The van der Waals surface area contributed by atoms with Crippen LogP contribution < -0.4 is 0 Å². The summed E-state index contributed by atoms with van der Waals surface area (Å²) in [4.78, 5) is 11.4. The zero-order chi connectivity index (χ0) is 18.6. The van der Waals surface area contributed by atoms with Crippen molar-refractivity contribution < 1.29 is 13.3 Å². The van der Waals surface area contributed by atoms with E-state index < -0.39 is 14.9 Å². The molecule has 1 saturated heterocycles. The molecule has 2 aromatic rings. The standard InChI is InChI=1S/C18H20N2O4S2/c21-20(22)17-13-16(26(23,24)19-11-5-2-6-12-19)9-10-18(17)25-14-15-7-3-1-4-8-15/h1,3-4,7-10,13H,2,5-6,11-12,14H2. The number of thioether (sulfide) groups is 1. The Kier molecular flexibility index (Phi) is 5.95.